The monoisotopic (exact) mass is 491 g/mol. The maximum Gasteiger partial charge on any atom is 0.245 e. The van der Waals surface area contributed by atoms with Crippen LogP contribution in [0.2, 0.25) is 0 Å². The molecule has 1 heterocycles. The van der Waals surface area contributed by atoms with Gasteiger partial charge in [0.05, 0.1) is 0 Å². The van der Waals surface area contributed by atoms with Crippen molar-refractivity contribution in [3.8, 4) is 11.1 Å². The van der Waals surface area contributed by atoms with E-state index in [1.165, 1.54) is 68.2 Å². The van der Waals surface area contributed by atoms with E-state index in [4.69, 9.17) is 5.73 Å². The third-order valence-electron chi connectivity index (χ3n) is 7.96. The van der Waals surface area contributed by atoms with Gasteiger partial charge in [-0.25, -0.2) is 0 Å². The summed E-state index contributed by atoms with van der Waals surface area (Å²) in [5.41, 5.74) is 21.0. The summed E-state index contributed by atoms with van der Waals surface area (Å²) in [6.45, 7) is 20.2. The molecular formula is C35H46BN. The second-order valence-corrected chi connectivity index (χ2v) is 11.2. The van der Waals surface area contributed by atoms with E-state index in [2.05, 4.69) is 129 Å². The maximum atomic E-state index is 7.00. The van der Waals surface area contributed by atoms with Crippen molar-refractivity contribution < 1.29 is 0 Å². The van der Waals surface area contributed by atoms with Gasteiger partial charge in [0.2, 0.25) is 6.71 Å². The van der Waals surface area contributed by atoms with Crippen LogP contribution >= 0.6 is 0 Å². The van der Waals surface area contributed by atoms with E-state index >= 15 is 0 Å². The van der Waals surface area contributed by atoms with Crippen LogP contribution in [0.1, 0.15) is 88.6 Å². The second-order valence-electron chi connectivity index (χ2n) is 11.2. The Kier molecular flexibility index (Phi) is 9.29. The molecule has 0 fully saturated rings. The van der Waals surface area contributed by atoms with Crippen molar-refractivity contribution in [2.24, 2.45) is 5.73 Å². The molecule has 0 radical (unpaired) electrons. The Bertz CT molecular complexity index is 1270. The summed E-state index contributed by atoms with van der Waals surface area (Å²) in [7, 11) is 0. The standard InChI is InChI=1S/C31H36BN.C4H10/c1-8-13-26-30(33)28-25(31(6,7)9-2)18-24(23-14-11-10-12-15-23)19-27(28)32(26)29-21(4)16-20(3)17-22(29)5;1-3-4-2/h8,10-19H,9,33H2,1-7H3;3-4H2,1-2H3/b13-8-;. The Hall–Kier alpha value is -3.00. The van der Waals surface area contributed by atoms with Crippen LogP contribution in [0.4, 0.5) is 0 Å². The van der Waals surface area contributed by atoms with E-state index in [1.807, 2.05) is 0 Å². The molecule has 0 atom stereocenters. The molecular weight excluding hydrogens is 445 g/mol. The lowest BCUT2D eigenvalue weighted by molar-refractivity contribution is 0.505. The zero-order valence-corrected chi connectivity index (χ0v) is 24.6. The predicted molar refractivity (Wildman–Crippen MR) is 167 cm³/mol. The van der Waals surface area contributed by atoms with Gasteiger partial charge >= 0.3 is 0 Å². The lowest BCUT2D eigenvalue weighted by Gasteiger charge is -2.28. The first-order chi connectivity index (χ1) is 17.6. The lowest BCUT2D eigenvalue weighted by atomic mass is 9.36. The molecule has 0 aromatic heterocycles. The van der Waals surface area contributed by atoms with Crippen LogP contribution in [0.25, 0.3) is 16.8 Å². The molecule has 194 valence electrons. The van der Waals surface area contributed by atoms with Gasteiger partial charge in [0.25, 0.3) is 0 Å². The Labute approximate surface area is 227 Å². The highest BCUT2D eigenvalue weighted by atomic mass is 14.6. The Morgan fingerprint density at radius 2 is 1.43 bits per heavy atom. The fourth-order valence-electron chi connectivity index (χ4n) is 5.50. The van der Waals surface area contributed by atoms with Crippen molar-refractivity contribution in [1.29, 1.82) is 0 Å². The minimum atomic E-state index is 0.0206. The quantitative estimate of drug-likeness (QED) is 0.346. The molecule has 0 saturated carbocycles. The SMILES string of the molecule is C/C=C\C1=C(N)c2c(cc(-c3ccccc3)cc2C(C)(C)CC)B1c1c(C)cc(C)cc1C.CCCC. The second kappa shape index (κ2) is 12.0. The molecule has 4 rings (SSSR count). The lowest BCUT2D eigenvalue weighted by Crippen LogP contribution is -2.45. The summed E-state index contributed by atoms with van der Waals surface area (Å²) in [5, 5.41) is 0. The Morgan fingerprint density at radius 3 is 1.95 bits per heavy atom. The molecule has 1 nitrogen and oxygen atoms in total. The van der Waals surface area contributed by atoms with Gasteiger partial charge in [0, 0.05) is 5.70 Å². The number of rotatable bonds is 6. The van der Waals surface area contributed by atoms with Gasteiger partial charge in [-0.3, -0.25) is 0 Å². The highest BCUT2D eigenvalue weighted by molar-refractivity contribution is 6.94. The summed E-state index contributed by atoms with van der Waals surface area (Å²) < 4.78 is 0. The Balaban J connectivity index is 0.000000886. The van der Waals surface area contributed by atoms with Crippen LogP contribution in [0.15, 0.2) is 72.2 Å². The van der Waals surface area contributed by atoms with Gasteiger partial charge in [-0.05, 0) is 73.3 Å². The van der Waals surface area contributed by atoms with Gasteiger partial charge in [0.15, 0.2) is 0 Å². The average Bonchev–Trinajstić information content (AvgIpc) is 3.15. The summed E-state index contributed by atoms with van der Waals surface area (Å²) in [6, 6.07) is 20.1. The minimum absolute atomic E-state index is 0.0206. The molecule has 0 saturated heterocycles. The number of hydrogen-bond donors (Lipinski definition) is 1. The summed E-state index contributed by atoms with van der Waals surface area (Å²) in [6.07, 6.45) is 8.05. The van der Waals surface area contributed by atoms with E-state index in [1.54, 1.807) is 0 Å². The predicted octanol–water partition coefficient (Wildman–Crippen LogP) is 8.18. The van der Waals surface area contributed by atoms with Crippen molar-refractivity contribution in [3.63, 3.8) is 0 Å². The third kappa shape index (κ3) is 5.79. The molecule has 3 aromatic rings. The Morgan fingerprint density at radius 1 is 0.838 bits per heavy atom. The van der Waals surface area contributed by atoms with Gasteiger partial charge in [-0.15, -0.1) is 0 Å². The highest BCUT2D eigenvalue weighted by Gasteiger charge is 2.39. The summed E-state index contributed by atoms with van der Waals surface area (Å²) in [5.74, 6) is 0. The van der Waals surface area contributed by atoms with Crippen molar-refractivity contribution >= 4 is 23.3 Å². The van der Waals surface area contributed by atoms with E-state index in [0.29, 0.717) is 0 Å². The molecule has 0 bridgehead atoms. The number of hydrogen-bond acceptors (Lipinski definition) is 1. The van der Waals surface area contributed by atoms with Crippen LogP contribution in [-0.4, -0.2) is 6.71 Å². The van der Waals surface area contributed by atoms with Gasteiger partial charge in [0.1, 0.15) is 0 Å². The van der Waals surface area contributed by atoms with Gasteiger partial charge < -0.3 is 5.73 Å². The number of aryl methyl sites for hydroxylation is 3. The number of fused-ring (bicyclic) bond motifs is 1. The van der Waals surface area contributed by atoms with Crippen LogP contribution in [0, 0.1) is 20.8 Å². The van der Waals surface area contributed by atoms with E-state index < -0.39 is 0 Å². The highest BCUT2D eigenvalue weighted by Crippen LogP contribution is 2.38. The van der Waals surface area contributed by atoms with Crippen LogP contribution in [0.5, 0.6) is 0 Å². The van der Waals surface area contributed by atoms with Gasteiger partial charge in [-0.1, -0.05) is 136 Å². The summed E-state index contributed by atoms with van der Waals surface area (Å²) in [4.78, 5) is 0. The molecule has 3 aromatic carbocycles. The molecule has 2 heteroatoms. The van der Waals surface area contributed by atoms with Crippen LogP contribution in [0.3, 0.4) is 0 Å². The van der Waals surface area contributed by atoms with Gasteiger partial charge in [-0.2, -0.15) is 0 Å². The van der Waals surface area contributed by atoms with Crippen LogP contribution in [-0.2, 0) is 5.41 Å². The zero-order chi connectivity index (χ0) is 27.3. The van der Waals surface area contributed by atoms with Crippen molar-refractivity contribution in [2.45, 2.75) is 87.0 Å². The topological polar surface area (TPSA) is 26.0 Å². The third-order valence-corrected chi connectivity index (χ3v) is 7.96. The number of unbranched alkanes of at least 4 members (excludes halogenated alkanes) is 1. The molecule has 2 N–H and O–H groups in total. The fraction of sp³-hybridized carbons (Fsp3) is 0.371. The molecule has 0 spiro atoms. The molecule has 37 heavy (non-hydrogen) atoms. The number of nitrogens with two attached hydrogens (primary N) is 1. The van der Waals surface area contributed by atoms with Crippen molar-refractivity contribution in [1.82, 2.24) is 0 Å². The molecule has 0 amide bonds. The largest absolute Gasteiger partial charge is 0.399 e. The smallest absolute Gasteiger partial charge is 0.245 e. The zero-order valence-electron chi connectivity index (χ0n) is 24.6. The summed E-state index contributed by atoms with van der Waals surface area (Å²) >= 11 is 0. The fourth-order valence-corrected chi connectivity index (χ4v) is 5.50. The molecule has 1 aliphatic heterocycles. The van der Waals surface area contributed by atoms with E-state index in [9.17, 15) is 0 Å². The normalized spacial score (nSPS) is 13.2. The van der Waals surface area contributed by atoms with E-state index in [-0.39, 0.29) is 12.1 Å². The van der Waals surface area contributed by atoms with Crippen molar-refractivity contribution in [2.75, 3.05) is 0 Å². The maximum absolute atomic E-state index is 7.00. The first kappa shape index (κ1) is 28.6. The minimum Gasteiger partial charge on any atom is -0.399 e. The van der Waals surface area contributed by atoms with Crippen LogP contribution < -0.4 is 16.7 Å². The molecule has 0 aliphatic carbocycles. The first-order valence-corrected chi connectivity index (χ1v) is 14.0. The van der Waals surface area contributed by atoms with E-state index in [0.717, 1.165) is 12.1 Å². The molecule has 1 aliphatic rings. The number of allylic oxidation sites excluding steroid dienone is 3. The molecule has 0 unspecified atom stereocenters. The van der Waals surface area contributed by atoms with Crippen molar-refractivity contribution in [3.05, 3.63) is 100 Å². The first-order valence-electron chi connectivity index (χ1n) is 14.0. The number of benzene rings is 3. The average molecular weight is 492 g/mol.